The molecule has 0 spiro atoms. The second kappa shape index (κ2) is 3.94. The van der Waals surface area contributed by atoms with E-state index in [1.54, 1.807) is 0 Å². The molecule has 0 bridgehead atoms. The SMILES string of the molecule is O=C1CCC(CNS(=O)[O-])C1. The smallest absolute Gasteiger partial charge is 0.133 e. The first kappa shape index (κ1) is 8.83. The molecule has 5 heteroatoms. The number of carbonyl (C=O) groups is 1. The molecule has 1 aliphatic rings. The van der Waals surface area contributed by atoms with Crippen molar-refractivity contribution in [3.05, 3.63) is 0 Å². The molecule has 1 rings (SSSR count). The highest BCUT2D eigenvalue weighted by molar-refractivity contribution is 7.77. The summed E-state index contributed by atoms with van der Waals surface area (Å²) in [4.78, 5) is 10.7. The number of ketones is 1. The van der Waals surface area contributed by atoms with Gasteiger partial charge in [-0.2, -0.15) is 0 Å². The van der Waals surface area contributed by atoms with Gasteiger partial charge in [-0.05, 0) is 12.3 Å². The van der Waals surface area contributed by atoms with E-state index >= 15 is 0 Å². The second-order valence-electron chi connectivity index (χ2n) is 2.73. The molecule has 0 aromatic carbocycles. The van der Waals surface area contributed by atoms with E-state index in [1.165, 1.54) is 0 Å². The van der Waals surface area contributed by atoms with E-state index in [9.17, 15) is 13.6 Å². The van der Waals surface area contributed by atoms with Crippen molar-refractivity contribution in [2.24, 2.45) is 5.92 Å². The van der Waals surface area contributed by atoms with E-state index in [2.05, 4.69) is 4.72 Å². The summed E-state index contributed by atoms with van der Waals surface area (Å²) in [6, 6.07) is 0. The summed E-state index contributed by atoms with van der Waals surface area (Å²) < 4.78 is 22.4. The average molecular weight is 176 g/mol. The van der Waals surface area contributed by atoms with Crippen molar-refractivity contribution in [3.63, 3.8) is 0 Å². The predicted molar refractivity (Wildman–Crippen MR) is 39.3 cm³/mol. The Labute approximate surface area is 67.8 Å². The second-order valence-corrected chi connectivity index (χ2v) is 3.49. The van der Waals surface area contributed by atoms with E-state index < -0.39 is 11.3 Å². The van der Waals surface area contributed by atoms with Crippen molar-refractivity contribution in [2.75, 3.05) is 6.54 Å². The minimum absolute atomic E-state index is 0.223. The van der Waals surface area contributed by atoms with Crippen molar-refractivity contribution in [2.45, 2.75) is 19.3 Å². The molecule has 0 radical (unpaired) electrons. The number of rotatable bonds is 3. The van der Waals surface area contributed by atoms with Gasteiger partial charge < -0.3 is 4.55 Å². The first-order valence-electron chi connectivity index (χ1n) is 3.53. The highest BCUT2D eigenvalue weighted by Crippen LogP contribution is 2.20. The zero-order chi connectivity index (χ0) is 8.27. The summed E-state index contributed by atoms with van der Waals surface area (Å²) in [5.41, 5.74) is 0. The minimum atomic E-state index is -2.18. The zero-order valence-electron chi connectivity index (χ0n) is 6.04. The molecule has 0 amide bonds. The minimum Gasteiger partial charge on any atom is -0.760 e. The van der Waals surface area contributed by atoms with Gasteiger partial charge in [0.25, 0.3) is 0 Å². The Hall–Kier alpha value is -0.260. The maximum atomic E-state index is 10.7. The van der Waals surface area contributed by atoms with Crippen molar-refractivity contribution < 1.29 is 13.6 Å². The fraction of sp³-hybridized carbons (Fsp3) is 0.833. The van der Waals surface area contributed by atoms with Crippen molar-refractivity contribution in [1.82, 2.24) is 4.72 Å². The van der Waals surface area contributed by atoms with Gasteiger partial charge in [-0.25, -0.2) is 4.72 Å². The summed E-state index contributed by atoms with van der Waals surface area (Å²) in [6.45, 7) is 0.405. The maximum Gasteiger partial charge on any atom is 0.133 e. The van der Waals surface area contributed by atoms with Crippen LogP contribution < -0.4 is 4.72 Å². The Morgan fingerprint density at radius 3 is 2.91 bits per heavy atom. The van der Waals surface area contributed by atoms with Crippen LogP contribution in [0.5, 0.6) is 0 Å². The van der Waals surface area contributed by atoms with Crippen molar-refractivity contribution >= 4 is 17.0 Å². The fourth-order valence-corrected chi connectivity index (χ4v) is 1.62. The van der Waals surface area contributed by atoms with E-state index in [1.807, 2.05) is 0 Å². The van der Waals surface area contributed by atoms with Crippen LogP contribution in [0.4, 0.5) is 0 Å². The Morgan fingerprint density at radius 2 is 2.45 bits per heavy atom. The average Bonchev–Trinajstić information content (AvgIpc) is 2.31. The van der Waals surface area contributed by atoms with Gasteiger partial charge in [-0.15, -0.1) is 0 Å². The zero-order valence-corrected chi connectivity index (χ0v) is 6.86. The fourth-order valence-electron chi connectivity index (χ4n) is 1.25. The number of hydrogen-bond donors (Lipinski definition) is 1. The lowest BCUT2D eigenvalue weighted by molar-refractivity contribution is -0.117. The monoisotopic (exact) mass is 176 g/mol. The van der Waals surface area contributed by atoms with Gasteiger partial charge in [0.1, 0.15) is 5.78 Å². The van der Waals surface area contributed by atoms with Crippen LogP contribution in [0, 0.1) is 5.92 Å². The molecule has 0 aromatic heterocycles. The highest BCUT2D eigenvalue weighted by Gasteiger charge is 2.21. The molecule has 0 saturated heterocycles. The Morgan fingerprint density at radius 1 is 1.73 bits per heavy atom. The van der Waals surface area contributed by atoms with E-state index in [-0.39, 0.29) is 11.7 Å². The number of nitrogens with one attached hydrogen (secondary N) is 1. The Kier molecular flexibility index (Phi) is 3.16. The lowest BCUT2D eigenvalue weighted by Crippen LogP contribution is -2.23. The first-order valence-corrected chi connectivity index (χ1v) is 4.60. The largest absolute Gasteiger partial charge is 0.760 e. The van der Waals surface area contributed by atoms with E-state index in [0.717, 1.165) is 6.42 Å². The van der Waals surface area contributed by atoms with Crippen LogP contribution in [0.1, 0.15) is 19.3 Å². The summed E-state index contributed by atoms with van der Waals surface area (Å²) in [7, 11) is 0. The molecule has 64 valence electrons. The van der Waals surface area contributed by atoms with Crippen LogP contribution in [0.2, 0.25) is 0 Å². The molecule has 0 heterocycles. The van der Waals surface area contributed by atoms with E-state index in [0.29, 0.717) is 19.4 Å². The van der Waals surface area contributed by atoms with Gasteiger partial charge in [-0.3, -0.25) is 9.00 Å². The molecular weight excluding hydrogens is 166 g/mol. The van der Waals surface area contributed by atoms with Gasteiger partial charge in [0.2, 0.25) is 0 Å². The molecule has 1 aliphatic carbocycles. The normalized spacial score (nSPS) is 27.4. The van der Waals surface area contributed by atoms with Gasteiger partial charge in [0.15, 0.2) is 0 Å². The molecular formula is C6H10NO3S-. The summed E-state index contributed by atoms with van der Waals surface area (Å²) >= 11 is -2.18. The first-order chi connectivity index (χ1) is 5.18. The van der Waals surface area contributed by atoms with Crippen LogP contribution in [0.15, 0.2) is 0 Å². The molecule has 1 N–H and O–H groups in total. The quantitative estimate of drug-likeness (QED) is 0.602. The van der Waals surface area contributed by atoms with Crippen LogP contribution in [0.3, 0.4) is 0 Å². The van der Waals surface area contributed by atoms with Crippen LogP contribution in [-0.2, 0) is 16.1 Å². The number of carbonyl (C=O) groups excluding carboxylic acids is 1. The third kappa shape index (κ3) is 3.09. The summed E-state index contributed by atoms with van der Waals surface area (Å²) in [5, 5.41) is 0. The third-order valence-electron chi connectivity index (χ3n) is 1.84. The van der Waals surface area contributed by atoms with Crippen LogP contribution in [-0.4, -0.2) is 21.1 Å². The van der Waals surface area contributed by atoms with Gasteiger partial charge >= 0.3 is 0 Å². The van der Waals surface area contributed by atoms with Crippen LogP contribution in [0.25, 0.3) is 0 Å². The predicted octanol–water partition coefficient (Wildman–Crippen LogP) is -0.261. The number of hydrogen-bond acceptors (Lipinski definition) is 3. The summed E-state index contributed by atoms with van der Waals surface area (Å²) in [5.74, 6) is 0.467. The Bertz CT molecular complexity index is 183. The molecule has 4 nitrogen and oxygen atoms in total. The molecule has 2 unspecified atom stereocenters. The molecule has 0 aliphatic heterocycles. The van der Waals surface area contributed by atoms with Gasteiger partial charge in [-0.1, -0.05) is 0 Å². The molecule has 1 saturated carbocycles. The third-order valence-corrected chi connectivity index (χ3v) is 2.24. The lowest BCUT2D eigenvalue weighted by Gasteiger charge is -2.10. The lowest BCUT2D eigenvalue weighted by atomic mass is 10.1. The van der Waals surface area contributed by atoms with Crippen LogP contribution >= 0.6 is 0 Å². The number of Topliss-reactive ketones (excluding diaryl/α,β-unsaturated/α-hetero) is 1. The molecule has 1 fully saturated rings. The van der Waals surface area contributed by atoms with Gasteiger partial charge in [0.05, 0.1) is 0 Å². The van der Waals surface area contributed by atoms with Crippen molar-refractivity contribution in [3.8, 4) is 0 Å². The maximum absolute atomic E-state index is 10.7. The van der Waals surface area contributed by atoms with Crippen molar-refractivity contribution in [1.29, 1.82) is 0 Å². The summed E-state index contributed by atoms with van der Waals surface area (Å²) in [6.07, 6.45) is 1.96. The van der Waals surface area contributed by atoms with Gasteiger partial charge in [0, 0.05) is 30.7 Å². The highest BCUT2D eigenvalue weighted by atomic mass is 32.2. The standard InChI is InChI=1S/C6H11NO3S/c8-6-2-1-5(3-6)4-7-11(9)10/h5,7H,1-4H2,(H,9,10)/p-1. The molecule has 2 atom stereocenters. The molecule has 11 heavy (non-hydrogen) atoms. The molecule has 0 aromatic rings. The van der Waals surface area contributed by atoms with E-state index in [4.69, 9.17) is 0 Å². The Balaban J connectivity index is 2.18. The topological polar surface area (TPSA) is 69.2 Å².